The molecule has 224 valence electrons. The van der Waals surface area contributed by atoms with Crippen molar-refractivity contribution >= 4 is 23.2 Å². The highest BCUT2D eigenvalue weighted by Crippen LogP contribution is 2.36. The molecule has 0 spiro atoms. The van der Waals surface area contributed by atoms with Crippen molar-refractivity contribution in [1.29, 1.82) is 0 Å². The average molecular weight is 603 g/mol. The summed E-state index contributed by atoms with van der Waals surface area (Å²) in [6.07, 6.45) is 5.25. The van der Waals surface area contributed by atoms with E-state index in [0.717, 1.165) is 76.3 Å². The van der Waals surface area contributed by atoms with Gasteiger partial charge in [-0.3, -0.25) is 4.79 Å². The molecule has 0 N–H and O–H groups in total. The van der Waals surface area contributed by atoms with Crippen LogP contribution in [-0.2, 0) is 16.1 Å². The van der Waals surface area contributed by atoms with Crippen molar-refractivity contribution in [1.82, 2.24) is 19.7 Å². The minimum Gasteiger partial charge on any atom is -0.489 e. The molecule has 1 aliphatic carbocycles. The summed E-state index contributed by atoms with van der Waals surface area (Å²) < 4.78 is 27.2. The molecule has 4 aromatic rings. The van der Waals surface area contributed by atoms with Gasteiger partial charge in [-0.25, -0.2) is 9.78 Å². The Morgan fingerprint density at radius 1 is 1.07 bits per heavy atom. The number of ether oxygens (including phenoxy) is 2. The second kappa shape index (κ2) is 12.3. The smallest absolute Gasteiger partial charge is 0.344 e. The summed E-state index contributed by atoms with van der Waals surface area (Å²) in [4.78, 5) is 33.2. The Bertz CT molecular complexity index is 1650. The molecule has 43 heavy (non-hydrogen) atoms. The number of thiophene rings is 1. The van der Waals surface area contributed by atoms with E-state index in [4.69, 9.17) is 9.47 Å². The van der Waals surface area contributed by atoms with Gasteiger partial charge < -0.3 is 14.4 Å². The Labute approximate surface area is 254 Å². The minimum absolute atomic E-state index is 0.145. The van der Waals surface area contributed by atoms with Crippen LogP contribution < -0.4 is 4.74 Å². The standard InChI is InChI=1S/C33H35FN4O4S/c1-4-41-33(40)26-18-35-38(31(26)34)29-7-5-6-27(36-29)30-25(17-21(3)43-30)19-42-28-11-10-24(16-20(28)2)22-12-14-37(15-13-22)32(39)23-8-9-23/h5-7,10-11,16-18,22-23H,4,8-9,12-15,19H2,1-3H3. The lowest BCUT2D eigenvalue weighted by Gasteiger charge is -2.32. The number of benzene rings is 1. The summed E-state index contributed by atoms with van der Waals surface area (Å²) >= 11 is 1.59. The molecular weight excluding hydrogens is 567 g/mol. The normalized spacial score (nSPS) is 15.5. The SMILES string of the molecule is CCOC(=O)c1cnn(-c2cccc(-c3sc(C)cc3COc3ccc(C4CCN(C(=O)C5CC5)CC4)cc3C)n2)c1F. The van der Waals surface area contributed by atoms with Crippen LogP contribution in [-0.4, -0.2) is 51.2 Å². The molecule has 0 bridgehead atoms. The van der Waals surface area contributed by atoms with E-state index in [1.54, 1.807) is 30.4 Å². The Balaban J connectivity index is 1.14. The molecule has 1 saturated heterocycles. The number of halogens is 1. The zero-order valence-electron chi connectivity index (χ0n) is 24.6. The van der Waals surface area contributed by atoms with Crippen LogP contribution in [0.25, 0.3) is 16.4 Å². The van der Waals surface area contributed by atoms with Gasteiger partial charge >= 0.3 is 5.97 Å². The van der Waals surface area contributed by atoms with Gasteiger partial charge in [0, 0.05) is 29.4 Å². The van der Waals surface area contributed by atoms with E-state index in [9.17, 15) is 9.59 Å². The van der Waals surface area contributed by atoms with E-state index in [1.165, 1.54) is 5.56 Å². The fraction of sp³-hybridized carbons (Fsp3) is 0.394. The number of piperidine rings is 1. The maximum absolute atomic E-state index is 15.0. The molecule has 6 rings (SSSR count). The van der Waals surface area contributed by atoms with Gasteiger partial charge in [-0.1, -0.05) is 18.2 Å². The predicted molar refractivity (Wildman–Crippen MR) is 162 cm³/mol. The molecule has 2 fully saturated rings. The molecule has 2 aliphatic rings. The summed E-state index contributed by atoms with van der Waals surface area (Å²) in [7, 11) is 0. The van der Waals surface area contributed by atoms with Crippen LogP contribution in [0.4, 0.5) is 4.39 Å². The molecule has 10 heteroatoms. The predicted octanol–water partition coefficient (Wildman–Crippen LogP) is 6.62. The quantitative estimate of drug-likeness (QED) is 0.200. The van der Waals surface area contributed by atoms with Crippen LogP contribution >= 0.6 is 11.3 Å². The Hall–Kier alpha value is -4.05. The molecule has 8 nitrogen and oxygen atoms in total. The maximum Gasteiger partial charge on any atom is 0.344 e. The van der Waals surface area contributed by atoms with E-state index >= 15 is 4.39 Å². The van der Waals surface area contributed by atoms with Gasteiger partial charge in [0.1, 0.15) is 17.9 Å². The van der Waals surface area contributed by atoms with Gasteiger partial charge in [0.05, 0.1) is 23.4 Å². The third kappa shape index (κ3) is 6.20. The maximum atomic E-state index is 15.0. The summed E-state index contributed by atoms with van der Waals surface area (Å²) in [6, 6.07) is 13.8. The number of aryl methyl sites for hydroxylation is 2. The largest absolute Gasteiger partial charge is 0.489 e. The molecule has 1 amide bonds. The van der Waals surface area contributed by atoms with E-state index in [-0.39, 0.29) is 23.9 Å². The first-order chi connectivity index (χ1) is 20.8. The highest BCUT2D eigenvalue weighted by atomic mass is 32.1. The third-order valence-electron chi connectivity index (χ3n) is 8.11. The van der Waals surface area contributed by atoms with Crippen LogP contribution in [0.15, 0.2) is 48.7 Å². The number of carbonyl (C=O) groups excluding carboxylic acids is 2. The van der Waals surface area contributed by atoms with Crippen molar-refractivity contribution in [3.8, 4) is 22.1 Å². The third-order valence-corrected chi connectivity index (χ3v) is 9.22. The fourth-order valence-corrected chi connectivity index (χ4v) is 6.65. The van der Waals surface area contributed by atoms with Gasteiger partial charge in [-0.15, -0.1) is 11.3 Å². The minimum atomic E-state index is -0.815. The molecule has 4 heterocycles. The Kier molecular flexibility index (Phi) is 8.30. The first-order valence-electron chi connectivity index (χ1n) is 14.8. The molecular formula is C33H35FN4O4S. The molecule has 3 aromatic heterocycles. The zero-order chi connectivity index (χ0) is 30.1. The van der Waals surface area contributed by atoms with E-state index in [2.05, 4.69) is 40.1 Å². The van der Waals surface area contributed by atoms with Crippen molar-refractivity contribution in [3.05, 3.63) is 81.7 Å². The lowest BCUT2D eigenvalue weighted by atomic mass is 9.88. The van der Waals surface area contributed by atoms with Gasteiger partial charge in [0.15, 0.2) is 5.82 Å². The monoisotopic (exact) mass is 602 g/mol. The van der Waals surface area contributed by atoms with E-state index in [1.807, 2.05) is 19.1 Å². The number of nitrogens with zero attached hydrogens (tertiary/aromatic N) is 4. The van der Waals surface area contributed by atoms with E-state index in [0.29, 0.717) is 24.1 Å². The number of hydrogen-bond donors (Lipinski definition) is 0. The molecule has 0 atom stereocenters. The van der Waals surface area contributed by atoms with Crippen molar-refractivity contribution in [2.45, 2.75) is 59.0 Å². The first-order valence-corrected chi connectivity index (χ1v) is 15.6. The summed E-state index contributed by atoms with van der Waals surface area (Å²) in [5.41, 5.74) is 3.80. The molecule has 1 saturated carbocycles. The van der Waals surface area contributed by atoms with E-state index < -0.39 is 11.9 Å². The molecule has 0 unspecified atom stereocenters. The average Bonchev–Trinajstić information content (AvgIpc) is 3.69. The number of carbonyl (C=O) groups is 2. The summed E-state index contributed by atoms with van der Waals surface area (Å²) in [6.45, 7) is 7.95. The number of amides is 1. The van der Waals surface area contributed by atoms with Gasteiger partial charge in [0.2, 0.25) is 11.9 Å². The van der Waals surface area contributed by atoms with Crippen LogP contribution in [0.3, 0.4) is 0 Å². The summed E-state index contributed by atoms with van der Waals surface area (Å²) in [5, 5.41) is 4.04. The van der Waals surface area contributed by atoms with Gasteiger partial charge in [-0.05, 0) is 87.8 Å². The lowest BCUT2D eigenvalue weighted by molar-refractivity contribution is -0.133. The number of likely N-dealkylation sites (tertiary alicyclic amines) is 1. The number of pyridine rings is 1. The van der Waals surface area contributed by atoms with Crippen molar-refractivity contribution in [2.75, 3.05) is 19.7 Å². The number of hydrogen-bond acceptors (Lipinski definition) is 7. The number of aromatic nitrogens is 3. The second-order valence-corrected chi connectivity index (χ2v) is 12.5. The first kappa shape index (κ1) is 29.0. The number of esters is 1. The van der Waals surface area contributed by atoms with Crippen molar-refractivity contribution in [3.63, 3.8) is 0 Å². The van der Waals surface area contributed by atoms with Crippen LogP contribution in [0.5, 0.6) is 5.75 Å². The second-order valence-electron chi connectivity index (χ2n) is 11.3. The Morgan fingerprint density at radius 2 is 1.86 bits per heavy atom. The van der Waals surface area contributed by atoms with Crippen molar-refractivity contribution < 1.29 is 23.5 Å². The summed E-state index contributed by atoms with van der Waals surface area (Å²) in [5.74, 6) is 0.598. The highest BCUT2D eigenvalue weighted by molar-refractivity contribution is 7.15. The fourth-order valence-electron chi connectivity index (χ4n) is 5.66. The van der Waals surface area contributed by atoms with Crippen LogP contribution in [0, 0.1) is 25.7 Å². The molecule has 1 aliphatic heterocycles. The van der Waals surface area contributed by atoms with Crippen LogP contribution in [0.2, 0.25) is 0 Å². The van der Waals surface area contributed by atoms with Crippen LogP contribution in [0.1, 0.15) is 70.5 Å². The topological polar surface area (TPSA) is 86.5 Å². The van der Waals surface area contributed by atoms with Gasteiger partial charge in [-0.2, -0.15) is 14.2 Å². The lowest BCUT2D eigenvalue weighted by Crippen LogP contribution is -2.38. The molecule has 0 radical (unpaired) electrons. The Morgan fingerprint density at radius 3 is 2.58 bits per heavy atom. The zero-order valence-corrected chi connectivity index (χ0v) is 25.5. The molecule has 1 aromatic carbocycles. The number of rotatable bonds is 9. The highest BCUT2D eigenvalue weighted by Gasteiger charge is 2.35. The van der Waals surface area contributed by atoms with Gasteiger partial charge in [0.25, 0.3) is 0 Å². The van der Waals surface area contributed by atoms with Crippen molar-refractivity contribution in [2.24, 2.45) is 5.92 Å².